The molecular weight excluding hydrogens is 280 g/mol. The van der Waals surface area contributed by atoms with Gasteiger partial charge < -0.3 is 10.6 Å². The molecule has 2 aromatic rings. The summed E-state index contributed by atoms with van der Waals surface area (Å²) in [4.78, 5) is 15.9. The van der Waals surface area contributed by atoms with Crippen molar-refractivity contribution in [2.24, 2.45) is 0 Å². The van der Waals surface area contributed by atoms with Crippen molar-refractivity contribution >= 4 is 5.91 Å². The van der Waals surface area contributed by atoms with Crippen LogP contribution in [0.5, 0.6) is 0 Å². The second-order valence-corrected chi connectivity index (χ2v) is 5.06. The molecule has 0 aliphatic carbocycles. The summed E-state index contributed by atoms with van der Waals surface area (Å²) in [5, 5.41) is 13.4. The number of aromatic nitrogens is 4. The van der Waals surface area contributed by atoms with E-state index in [1.807, 2.05) is 6.92 Å². The first kappa shape index (κ1) is 16.1. The number of pyridine rings is 1. The standard InChI is InChI=1S/C10H11N5O.C5H11N/c1-7-3-4-8(10(16)11-2)9(13-7)15-6-5-12-14-15;1-2-4-6-5-3-1/h3-6H,1-2H3,(H,11,16);6H,1-5H2. The van der Waals surface area contributed by atoms with Crippen molar-refractivity contribution in [2.45, 2.75) is 26.2 Å². The predicted octanol–water partition coefficient (Wildman–Crippen LogP) is 1.09. The predicted molar refractivity (Wildman–Crippen MR) is 84.0 cm³/mol. The Morgan fingerprint density at radius 1 is 1.27 bits per heavy atom. The Hall–Kier alpha value is -2.28. The van der Waals surface area contributed by atoms with Gasteiger partial charge in [0.25, 0.3) is 5.91 Å². The van der Waals surface area contributed by atoms with Crippen molar-refractivity contribution in [1.29, 1.82) is 0 Å². The van der Waals surface area contributed by atoms with Gasteiger partial charge in [-0.15, -0.1) is 5.10 Å². The molecule has 1 aliphatic rings. The third-order valence-electron chi connectivity index (χ3n) is 3.33. The summed E-state index contributed by atoms with van der Waals surface area (Å²) in [5.74, 6) is 0.287. The molecule has 22 heavy (non-hydrogen) atoms. The van der Waals surface area contributed by atoms with Crippen LogP contribution in [0.3, 0.4) is 0 Å². The van der Waals surface area contributed by atoms with Crippen LogP contribution in [0.1, 0.15) is 35.3 Å². The van der Waals surface area contributed by atoms with Crippen LogP contribution in [0.4, 0.5) is 0 Å². The summed E-state index contributed by atoms with van der Waals surface area (Å²) >= 11 is 0. The van der Waals surface area contributed by atoms with E-state index in [2.05, 4.69) is 25.9 Å². The van der Waals surface area contributed by atoms with Crippen molar-refractivity contribution in [1.82, 2.24) is 30.6 Å². The molecule has 1 saturated heterocycles. The molecule has 0 spiro atoms. The number of carbonyl (C=O) groups excluding carboxylic acids is 1. The van der Waals surface area contributed by atoms with E-state index in [0.29, 0.717) is 11.4 Å². The normalized spacial score (nSPS) is 13.9. The second kappa shape index (κ2) is 8.23. The molecule has 7 nitrogen and oxygen atoms in total. The Morgan fingerprint density at radius 2 is 2.05 bits per heavy atom. The number of aryl methyl sites for hydroxylation is 1. The van der Waals surface area contributed by atoms with Gasteiger partial charge in [-0.1, -0.05) is 11.6 Å². The summed E-state index contributed by atoms with van der Waals surface area (Å²) in [6.07, 6.45) is 7.40. The van der Waals surface area contributed by atoms with E-state index in [1.54, 1.807) is 25.4 Å². The molecule has 0 radical (unpaired) electrons. The van der Waals surface area contributed by atoms with Gasteiger partial charge in [-0.25, -0.2) is 9.67 Å². The fraction of sp³-hybridized carbons (Fsp3) is 0.467. The minimum Gasteiger partial charge on any atom is -0.355 e. The van der Waals surface area contributed by atoms with Crippen molar-refractivity contribution in [3.8, 4) is 5.82 Å². The monoisotopic (exact) mass is 302 g/mol. The van der Waals surface area contributed by atoms with Gasteiger partial charge in [0.1, 0.15) is 0 Å². The highest BCUT2D eigenvalue weighted by Crippen LogP contribution is 2.11. The molecule has 2 aromatic heterocycles. The molecule has 1 amide bonds. The van der Waals surface area contributed by atoms with E-state index in [9.17, 15) is 4.79 Å². The maximum atomic E-state index is 11.6. The number of nitrogens with zero attached hydrogens (tertiary/aromatic N) is 4. The Kier molecular flexibility index (Phi) is 6.02. The van der Waals surface area contributed by atoms with Crippen LogP contribution in [0.25, 0.3) is 5.82 Å². The Bertz CT molecular complexity index is 581. The first-order chi connectivity index (χ1) is 10.7. The van der Waals surface area contributed by atoms with Gasteiger partial charge in [0, 0.05) is 12.7 Å². The number of rotatable bonds is 2. The van der Waals surface area contributed by atoms with E-state index in [0.717, 1.165) is 5.69 Å². The van der Waals surface area contributed by atoms with E-state index < -0.39 is 0 Å². The molecule has 3 rings (SSSR count). The Morgan fingerprint density at radius 3 is 2.55 bits per heavy atom. The molecule has 1 aliphatic heterocycles. The lowest BCUT2D eigenvalue weighted by Gasteiger charge is -2.08. The van der Waals surface area contributed by atoms with Gasteiger partial charge in [-0.05, 0) is 45.0 Å². The maximum absolute atomic E-state index is 11.6. The molecule has 118 valence electrons. The van der Waals surface area contributed by atoms with Gasteiger partial charge in [0.15, 0.2) is 5.82 Å². The highest BCUT2D eigenvalue weighted by molar-refractivity contribution is 5.96. The highest BCUT2D eigenvalue weighted by Gasteiger charge is 2.13. The van der Waals surface area contributed by atoms with Crippen LogP contribution in [0.15, 0.2) is 24.5 Å². The molecular formula is C15H22N6O. The van der Waals surface area contributed by atoms with Crippen molar-refractivity contribution in [2.75, 3.05) is 20.1 Å². The van der Waals surface area contributed by atoms with Crippen LogP contribution in [-0.4, -0.2) is 46.0 Å². The minimum atomic E-state index is -0.196. The molecule has 0 unspecified atom stereocenters. The molecule has 0 saturated carbocycles. The average Bonchev–Trinajstić information content (AvgIpc) is 3.11. The van der Waals surface area contributed by atoms with E-state index in [-0.39, 0.29) is 5.91 Å². The van der Waals surface area contributed by atoms with Gasteiger partial charge in [0.2, 0.25) is 0 Å². The SMILES string of the molecule is C1CCNCC1.CNC(=O)c1ccc(C)nc1-n1ccnn1. The first-order valence-electron chi connectivity index (χ1n) is 7.49. The Balaban J connectivity index is 0.000000246. The molecule has 1 fully saturated rings. The van der Waals surface area contributed by atoms with Crippen LogP contribution < -0.4 is 10.6 Å². The molecule has 7 heteroatoms. The maximum Gasteiger partial charge on any atom is 0.254 e. The van der Waals surface area contributed by atoms with Crippen LogP contribution >= 0.6 is 0 Å². The lowest BCUT2D eigenvalue weighted by Crippen LogP contribution is -2.21. The molecule has 3 heterocycles. The van der Waals surface area contributed by atoms with Gasteiger partial charge in [0.05, 0.1) is 18.0 Å². The van der Waals surface area contributed by atoms with Crippen molar-refractivity contribution in [3.63, 3.8) is 0 Å². The molecule has 0 aromatic carbocycles. The summed E-state index contributed by atoms with van der Waals surface area (Å²) in [7, 11) is 1.58. The van der Waals surface area contributed by atoms with Crippen LogP contribution in [0.2, 0.25) is 0 Å². The number of amides is 1. The van der Waals surface area contributed by atoms with Gasteiger partial charge >= 0.3 is 0 Å². The molecule has 2 N–H and O–H groups in total. The largest absolute Gasteiger partial charge is 0.355 e. The van der Waals surface area contributed by atoms with Gasteiger partial charge in [-0.2, -0.15) is 0 Å². The Labute approximate surface area is 130 Å². The highest BCUT2D eigenvalue weighted by atomic mass is 16.1. The fourth-order valence-electron chi connectivity index (χ4n) is 2.15. The zero-order valence-corrected chi connectivity index (χ0v) is 13.0. The number of carbonyl (C=O) groups is 1. The molecule has 0 atom stereocenters. The zero-order valence-electron chi connectivity index (χ0n) is 13.0. The topological polar surface area (TPSA) is 84.7 Å². The van der Waals surface area contributed by atoms with Crippen molar-refractivity contribution < 1.29 is 4.79 Å². The smallest absolute Gasteiger partial charge is 0.254 e. The van der Waals surface area contributed by atoms with Crippen molar-refractivity contribution in [3.05, 3.63) is 35.8 Å². The fourth-order valence-corrected chi connectivity index (χ4v) is 2.15. The third kappa shape index (κ3) is 4.36. The second-order valence-electron chi connectivity index (χ2n) is 5.06. The quantitative estimate of drug-likeness (QED) is 0.867. The van der Waals surface area contributed by atoms with Crippen LogP contribution in [-0.2, 0) is 0 Å². The summed E-state index contributed by atoms with van der Waals surface area (Å²) in [6, 6.07) is 3.50. The van der Waals surface area contributed by atoms with E-state index in [4.69, 9.17) is 0 Å². The summed E-state index contributed by atoms with van der Waals surface area (Å²) in [6.45, 7) is 4.36. The van der Waals surface area contributed by atoms with E-state index >= 15 is 0 Å². The average molecular weight is 302 g/mol. The number of hydrogen-bond acceptors (Lipinski definition) is 5. The first-order valence-corrected chi connectivity index (χ1v) is 7.49. The summed E-state index contributed by atoms with van der Waals surface area (Å²) < 4.78 is 1.47. The minimum absolute atomic E-state index is 0.196. The molecule has 0 bridgehead atoms. The lowest BCUT2D eigenvalue weighted by molar-refractivity contribution is 0.0962. The third-order valence-corrected chi connectivity index (χ3v) is 3.33. The number of hydrogen-bond donors (Lipinski definition) is 2. The van der Waals surface area contributed by atoms with Gasteiger partial charge in [-0.3, -0.25) is 4.79 Å². The zero-order chi connectivity index (χ0) is 15.8. The van der Waals surface area contributed by atoms with Crippen LogP contribution in [0, 0.1) is 6.92 Å². The number of piperidine rings is 1. The summed E-state index contributed by atoms with van der Waals surface area (Å²) in [5.41, 5.74) is 1.29. The van der Waals surface area contributed by atoms with E-state index in [1.165, 1.54) is 43.2 Å². The number of nitrogens with one attached hydrogen (secondary N) is 2. The lowest BCUT2D eigenvalue weighted by atomic mass is 10.2.